The fraction of sp³-hybridized carbons (Fsp3) is 0.341. The summed E-state index contributed by atoms with van der Waals surface area (Å²) in [6.07, 6.45) is -2.56. The van der Waals surface area contributed by atoms with Gasteiger partial charge in [-0.2, -0.15) is 0 Å². The van der Waals surface area contributed by atoms with Gasteiger partial charge >= 0.3 is 47.9 Å². The fourth-order valence-corrected chi connectivity index (χ4v) is 6.34. The lowest BCUT2D eigenvalue weighted by atomic mass is 10.0. The van der Waals surface area contributed by atoms with Crippen molar-refractivity contribution in [1.82, 2.24) is 26.6 Å². The number of carboxylic acids is 6. The van der Waals surface area contributed by atoms with Crippen molar-refractivity contribution in [2.45, 2.75) is 94.4 Å². The minimum Gasteiger partial charge on any atom is -0.481 e. The molecule has 0 saturated carbocycles. The van der Waals surface area contributed by atoms with E-state index >= 15 is 0 Å². The lowest BCUT2D eigenvalue weighted by molar-refractivity contribution is -0.142. The summed E-state index contributed by atoms with van der Waals surface area (Å²) >= 11 is 0. The van der Waals surface area contributed by atoms with E-state index in [0.717, 1.165) is 0 Å². The summed E-state index contributed by atoms with van der Waals surface area (Å²) in [6.45, 7) is 0. The first-order valence-electron chi connectivity index (χ1n) is 21.0. The van der Waals surface area contributed by atoms with Gasteiger partial charge in [0.15, 0.2) is 0 Å². The third-order valence-electron chi connectivity index (χ3n) is 10.0. The smallest absolute Gasteiger partial charge is 0.326 e. The molecule has 370 valence electrons. The molecule has 0 unspecified atom stereocenters. The van der Waals surface area contributed by atoms with Crippen molar-refractivity contribution in [3.05, 3.63) is 89.5 Å². The summed E-state index contributed by atoms with van der Waals surface area (Å²) in [4.78, 5) is 132. The van der Waals surface area contributed by atoms with Crippen molar-refractivity contribution in [3.8, 4) is 0 Å². The Morgan fingerprint density at radius 3 is 1.10 bits per heavy atom. The van der Waals surface area contributed by atoms with Gasteiger partial charge < -0.3 is 73.6 Å². The van der Waals surface area contributed by atoms with Crippen molar-refractivity contribution < 1.29 is 83.4 Å². The Bertz CT molecular complexity index is 2210. The van der Waals surface area contributed by atoms with Crippen molar-refractivity contribution in [2.75, 3.05) is 16.4 Å². The molecule has 7 amide bonds. The third kappa shape index (κ3) is 20.5. The first-order valence-corrected chi connectivity index (χ1v) is 21.0. The molecule has 0 aliphatic carbocycles. The molecule has 0 heterocycles. The molecule has 4 atom stereocenters. The van der Waals surface area contributed by atoms with Crippen LogP contribution in [0, 0.1) is 0 Å². The van der Waals surface area contributed by atoms with Gasteiger partial charge in [-0.05, 0) is 85.3 Å². The van der Waals surface area contributed by atoms with E-state index in [1.807, 2.05) is 10.6 Å². The summed E-state index contributed by atoms with van der Waals surface area (Å²) in [5.41, 5.74) is 7.89. The molecule has 0 aliphatic rings. The van der Waals surface area contributed by atoms with Gasteiger partial charge in [0.1, 0.15) is 24.2 Å². The van der Waals surface area contributed by atoms with E-state index in [-0.39, 0.29) is 44.1 Å². The fourth-order valence-electron chi connectivity index (χ4n) is 6.34. The van der Waals surface area contributed by atoms with Gasteiger partial charge in [0, 0.05) is 67.2 Å². The predicted molar refractivity (Wildman–Crippen MR) is 241 cm³/mol. The minimum absolute atomic E-state index is 0.0791. The number of carbonyl (C=O) groups is 11. The molecule has 3 aromatic carbocycles. The van der Waals surface area contributed by atoms with Crippen molar-refractivity contribution in [2.24, 2.45) is 0 Å². The zero-order chi connectivity index (χ0) is 51.2. The zero-order valence-electron chi connectivity index (χ0n) is 36.6. The SMILES string of the molecule is Nc1ccc(C(=O)NC(CCC(=O)Nc2ccc(C[C@H](NC(=O)N[C@@H](CCC(=O)O)C(=O)O)C(=O)O)cc2)CCC(=O)Nc2ccc(C[C@H](NC(=O)N[C@@H](CCC(=O)O)C(=O)O)C(=O)O)cc2)cc1. The highest BCUT2D eigenvalue weighted by molar-refractivity contribution is 5.95. The number of hydrogen-bond acceptors (Lipinski definition) is 12. The Hall–Kier alpha value is -8.77. The average molecular weight is 965 g/mol. The second kappa shape index (κ2) is 27.0. The van der Waals surface area contributed by atoms with Crippen LogP contribution in [0.1, 0.15) is 72.9 Å². The second-order valence-electron chi connectivity index (χ2n) is 15.4. The number of hydrogen-bond donors (Lipinski definition) is 14. The van der Waals surface area contributed by atoms with Gasteiger partial charge in [0.25, 0.3) is 5.91 Å². The topological polar surface area (TPSA) is 419 Å². The van der Waals surface area contributed by atoms with Crippen LogP contribution in [0.3, 0.4) is 0 Å². The molecule has 0 fully saturated rings. The Labute approximate surface area is 392 Å². The highest BCUT2D eigenvalue weighted by atomic mass is 16.4. The van der Waals surface area contributed by atoms with E-state index < -0.39 is 121 Å². The number of anilines is 3. The number of carboxylic acid groups (broad SMARTS) is 6. The largest absolute Gasteiger partial charge is 0.481 e. The minimum atomic E-state index is -1.58. The van der Waals surface area contributed by atoms with Gasteiger partial charge in [-0.3, -0.25) is 24.0 Å². The number of aliphatic carboxylic acids is 6. The van der Waals surface area contributed by atoms with E-state index in [9.17, 15) is 73.2 Å². The van der Waals surface area contributed by atoms with E-state index in [4.69, 9.17) is 15.9 Å². The van der Waals surface area contributed by atoms with E-state index in [2.05, 4.69) is 26.6 Å². The van der Waals surface area contributed by atoms with E-state index in [1.54, 1.807) is 0 Å². The molecular formula is C44H52N8O17. The highest BCUT2D eigenvalue weighted by Crippen LogP contribution is 2.17. The molecule has 0 aromatic heterocycles. The van der Waals surface area contributed by atoms with Crippen LogP contribution in [0.4, 0.5) is 26.7 Å². The van der Waals surface area contributed by atoms with Crippen LogP contribution in [0.15, 0.2) is 72.8 Å². The summed E-state index contributed by atoms with van der Waals surface area (Å²) in [7, 11) is 0. The summed E-state index contributed by atoms with van der Waals surface area (Å²) in [5, 5.41) is 72.1. The standard InChI is InChI=1S/C44H52N8O17/c45-26-7-5-25(6-8-26)38(59)48-29(13-17-34(53)46-27-9-1-23(2-10-27)21-32(41(64)65)51-43(68)49-30(39(60)61)15-19-36(55)56)14-18-35(54)47-28-11-3-24(4-12-28)22-33(42(66)67)52-44(69)50-31(40(62)63)16-20-37(57)58/h1-12,29-33H,13-22,45H2,(H,46,53)(H,47,54)(H,48,59)(H,55,56)(H,57,58)(H,60,61)(H,62,63)(H,64,65)(H,66,67)(H2,49,51,68)(H2,50,52,69)/t30-,31-,32-,33-/m0/s1. The van der Waals surface area contributed by atoms with Crippen LogP contribution in [0.2, 0.25) is 0 Å². The summed E-state index contributed by atoms with van der Waals surface area (Å²) in [6, 6.07) is 8.75. The first-order chi connectivity index (χ1) is 32.6. The maximum absolute atomic E-state index is 13.1. The maximum Gasteiger partial charge on any atom is 0.326 e. The molecule has 25 nitrogen and oxygen atoms in total. The molecule has 25 heteroatoms. The lowest BCUT2D eigenvalue weighted by Gasteiger charge is -2.19. The molecular weight excluding hydrogens is 913 g/mol. The van der Waals surface area contributed by atoms with Gasteiger partial charge in [-0.1, -0.05) is 24.3 Å². The average Bonchev–Trinajstić information content (AvgIpc) is 3.27. The second-order valence-corrected chi connectivity index (χ2v) is 15.4. The number of amides is 7. The molecule has 3 rings (SSSR count). The number of rotatable bonds is 28. The number of carbonyl (C=O) groups excluding carboxylic acids is 5. The van der Waals surface area contributed by atoms with Crippen LogP contribution in [0.25, 0.3) is 0 Å². The Morgan fingerprint density at radius 1 is 0.420 bits per heavy atom. The number of urea groups is 2. The normalized spacial score (nSPS) is 12.4. The monoisotopic (exact) mass is 964 g/mol. The Balaban J connectivity index is 1.58. The number of nitrogens with one attached hydrogen (secondary N) is 7. The lowest BCUT2D eigenvalue weighted by Crippen LogP contribution is -2.51. The first kappa shape index (κ1) is 54.6. The number of nitrogen functional groups attached to an aromatic ring is 1. The van der Waals surface area contributed by atoms with E-state index in [0.29, 0.717) is 28.2 Å². The van der Waals surface area contributed by atoms with Gasteiger partial charge in [0.2, 0.25) is 11.8 Å². The molecule has 69 heavy (non-hydrogen) atoms. The molecule has 0 saturated heterocycles. The van der Waals surface area contributed by atoms with E-state index in [1.165, 1.54) is 72.8 Å². The van der Waals surface area contributed by atoms with Crippen LogP contribution < -0.4 is 43.0 Å². The van der Waals surface area contributed by atoms with Crippen molar-refractivity contribution >= 4 is 82.7 Å². The molecule has 0 bridgehead atoms. The van der Waals surface area contributed by atoms with Gasteiger partial charge in [-0.15, -0.1) is 0 Å². The summed E-state index contributed by atoms with van der Waals surface area (Å²) < 4.78 is 0. The predicted octanol–water partition coefficient (Wildman–Crippen LogP) is 1.43. The van der Waals surface area contributed by atoms with Crippen LogP contribution in [0.5, 0.6) is 0 Å². The highest BCUT2D eigenvalue weighted by Gasteiger charge is 2.27. The third-order valence-corrected chi connectivity index (χ3v) is 10.0. The Morgan fingerprint density at radius 2 is 0.768 bits per heavy atom. The molecule has 15 N–H and O–H groups in total. The molecule has 0 radical (unpaired) electrons. The molecule has 0 aliphatic heterocycles. The number of benzene rings is 3. The molecule has 3 aromatic rings. The van der Waals surface area contributed by atoms with Crippen LogP contribution in [-0.2, 0) is 51.2 Å². The maximum atomic E-state index is 13.1. The Kier molecular flexibility index (Phi) is 21.4. The zero-order valence-corrected chi connectivity index (χ0v) is 36.6. The van der Waals surface area contributed by atoms with Crippen molar-refractivity contribution in [1.29, 1.82) is 0 Å². The summed E-state index contributed by atoms with van der Waals surface area (Å²) in [5.74, 6) is -9.92. The quantitative estimate of drug-likeness (QED) is 0.0458. The van der Waals surface area contributed by atoms with Gasteiger partial charge in [0.05, 0.1) is 0 Å². The molecule has 0 spiro atoms. The van der Waals surface area contributed by atoms with Crippen molar-refractivity contribution in [3.63, 3.8) is 0 Å². The number of nitrogens with two attached hydrogens (primary N) is 1. The van der Waals surface area contributed by atoms with Crippen LogP contribution >= 0.6 is 0 Å². The van der Waals surface area contributed by atoms with Crippen LogP contribution in [-0.4, -0.2) is 126 Å². The van der Waals surface area contributed by atoms with Gasteiger partial charge in [-0.25, -0.2) is 28.8 Å².